The van der Waals surface area contributed by atoms with Crippen molar-refractivity contribution in [3.05, 3.63) is 95.6 Å². The van der Waals surface area contributed by atoms with Crippen LogP contribution in [0.5, 0.6) is 5.75 Å². The highest BCUT2D eigenvalue weighted by molar-refractivity contribution is 7.92. The molecule has 0 saturated heterocycles. The van der Waals surface area contributed by atoms with Crippen molar-refractivity contribution in [1.29, 1.82) is 0 Å². The van der Waals surface area contributed by atoms with Crippen LogP contribution in [0.15, 0.2) is 78.9 Å². The Labute approximate surface area is 263 Å². The number of hydrogen-bond donors (Lipinski definition) is 1. The van der Waals surface area contributed by atoms with Crippen LogP contribution >= 0.6 is 0 Å². The van der Waals surface area contributed by atoms with Gasteiger partial charge in [-0.2, -0.15) is 13.2 Å². The van der Waals surface area contributed by atoms with Gasteiger partial charge in [-0.05, 0) is 53.8 Å². The lowest BCUT2D eigenvalue weighted by atomic mass is 10.0. The molecule has 2 amide bonds. The van der Waals surface area contributed by atoms with Crippen molar-refractivity contribution in [3.63, 3.8) is 0 Å². The van der Waals surface area contributed by atoms with Crippen molar-refractivity contribution < 1.29 is 35.9 Å². The van der Waals surface area contributed by atoms with E-state index in [0.717, 1.165) is 39.9 Å². The molecule has 0 saturated carbocycles. The normalized spacial score (nSPS) is 12.4. The van der Waals surface area contributed by atoms with Crippen LogP contribution in [0, 0.1) is 5.92 Å². The van der Waals surface area contributed by atoms with E-state index < -0.39 is 33.7 Å². The van der Waals surface area contributed by atoms with Crippen LogP contribution in [0.2, 0.25) is 0 Å². The summed E-state index contributed by atoms with van der Waals surface area (Å²) in [5.41, 5.74) is 0.436. The molecule has 3 aromatic rings. The summed E-state index contributed by atoms with van der Waals surface area (Å²) < 4.78 is 71.5. The molecule has 1 atom stereocenters. The maximum absolute atomic E-state index is 13.9. The number of nitrogens with one attached hydrogen (secondary N) is 1. The van der Waals surface area contributed by atoms with Crippen LogP contribution in [0.3, 0.4) is 0 Å². The van der Waals surface area contributed by atoms with Gasteiger partial charge in [0, 0.05) is 32.5 Å². The van der Waals surface area contributed by atoms with Crippen LogP contribution in [0.1, 0.15) is 43.4 Å². The van der Waals surface area contributed by atoms with Gasteiger partial charge in [0.2, 0.25) is 21.8 Å². The number of alkyl halides is 3. The smallest absolute Gasteiger partial charge is 0.416 e. The maximum atomic E-state index is 13.9. The standard InChI is InChI=1S/C33H40F3N3O5S/c1-24(2)22-37-32(41)30(20-25-11-6-5-7-12-25)38(23-26-13-8-16-29(19-26)44-3)31(40)17-10-18-39(45(4,42)43)28-15-9-14-27(21-28)33(34,35)36/h5-9,11-16,19,21,24,30H,10,17-18,20,22-23H2,1-4H3,(H,37,41). The van der Waals surface area contributed by atoms with E-state index >= 15 is 0 Å². The number of methoxy groups -OCH3 is 1. The topological polar surface area (TPSA) is 96.0 Å². The fourth-order valence-corrected chi connectivity index (χ4v) is 5.74. The summed E-state index contributed by atoms with van der Waals surface area (Å²) in [4.78, 5) is 29.0. The number of carbonyl (C=O) groups excluding carboxylic acids is 2. The van der Waals surface area contributed by atoms with Gasteiger partial charge in [-0.1, -0.05) is 62.4 Å². The Balaban J connectivity index is 1.91. The number of rotatable bonds is 15. The minimum Gasteiger partial charge on any atom is -0.497 e. The molecule has 3 aromatic carbocycles. The number of hydrogen-bond acceptors (Lipinski definition) is 5. The second-order valence-electron chi connectivity index (χ2n) is 11.2. The zero-order chi connectivity index (χ0) is 33.2. The summed E-state index contributed by atoms with van der Waals surface area (Å²) in [5, 5.41) is 2.94. The Kier molecular flexibility index (Phi) is 12.4. The van der Waals surface area contributed by atoms with Crippen LogP contribution in [0.25, 0.3) is 0 Å². The SMILES string of the molecule is COc1cccc(CN(C(=O)CCCN(c2cccc(C(F)(F)F)c2)S(C)(=O)=O)C(Cc2ccccc2)C(=O)NCC(C)C)c1. The number of nitrogens with zero attached hydrogens (tertiary/aromatic N) is 2. The molecule has 0 aromatic heterocycles. The molecule has 244 valence electrons. The van der Waals surface area contributed by atoms with Crippen molar-refractivity contribution in [2.75, 3.05) is 30.8 Å². The number of benzene rings is 3. The second-order valence-corrected chi connectivity index (χ2v) is 13.1. The fraction of sp³-hybridized carbons (Fsp3) is 0.394. The maximum Gasteiger partial charge on any atom is 0.416 e. The third-order valence-corrected chi connectivity index (χ3v) is 8.25. The fourth-order valence-electron chi connectivity index (χ4n) is 4.79. The highest BCUT2D eigenvalue weighted by Crippen LogP contribution is 2.32. The summed E-state index contributed by atoms with van der Waals surface area (Å²) in [5.74, 6) is 0.0156. The summed E-state index contributed by atoms with van der Waals surface area (Å²) in [6.45, 7) is 4.17. The van der Waals surface area contributed by atoms with Gasteiger partial charge in [-0.15, -0.1) is 0 Å². The Morgan fingerprint density at radius 3 is 2.22 bits per heavy atom. The molecule has 8 nitrogen and oxygen atoms in total. The molecule has 0 bridgehead atoms. The quantitative estimate of drug-likeness (QED) is 0.229. The molecule has 1 N–H and O–H groups in total. The lowest BCUT2D eigenvalue weighted by molar-refractivity contribution is -0.141. The van der Waals surface area contributed by atoms with E-state index in [0.29, 0.717) is 12.3 Å². The second kappa shape index (κ2) is 15.8. The van der Waals surface area contributed by atoms with E-state index in [1.165, 1.54) is 18.1 Å². The molecule has 0 heterocycles. The van der Waals surface area contributed by atoms with Crippen molar-refractivity contribution >= 4 is 27.5 Å². The summed E-state index contributed by atoms with van der Waals surface area (Å²) in [6, 6.07) is 19.6. The van der Waals surface area contributed by atoms with Gasteiger partial charge >= 0.3 is 6.18 Å². The zero-order valence-corrected chi connectivity index (χ0v) is 26.7. The largest absolute Gasteiger partial charge is 0.497 e. The van der Waals surface area contributed by atoms with E-state index in [2.05, 4.69) is 5.32 Å². The molecule has 0 aliphatic rings. The van der Waals surface area contributed by atoms with Gasteiger partial charge in [0.1, 0.15) is 11.8 Å². The van der Waals surface area contributed by atoms with E-state index in [4.69, 9.17) is 4.74 Å². The number of carbonyl (C=O) groups is 2. The predicted octanol–water partition coefficient (Wildman–Crippen LogP) is 5.67. The molecule has 12 heteroatoms. The molecule has 3 rings (SSSR count). The van der Waals surface area contributed by atoms with E-state index in [1.54, 1.807) is 18.2 Å². The van der Waals surface area contributed by atoms with E-state index in [1.807, 2.05) is 50.2 Å². The Hall–Kier alpha value is -4.06. The molecule has 45 heavy (non-hydrogen) atoms. The molecule has 0 radical (unpaired) electrons. The first kappa shape index (κ1) is 35.4. The molecule has 0 spiro atoms. The monoisotopic (exact) mass is 647 g/mol. The van der Waals surface area contributed by atoms with Crippen molar-refractivity contribution in [2.24, 2.45) is 5.92 Å². The van der Waals surface area contributed by atoms with Crippen molar-refractivity contribution in [2.45, 2.75) is 51.9 Å². The summed E-state index contributed by atoms with van der Waals surface area (Å²) in [6.07, 6.45) is -3.67. The number of ether oxygens (including phenoxy) is 1. The Morgan fingerprint density at radius 2 is 1.60 bits per heavy atom. The Morgan fingerprint density at radius 1 is 0.933 bits per heavy atom. The third-order valence-electron chi connectivity index (χ3n) is 7.06. The number of halogens is 3. The number of sulfonamides is 1. The first-order valence-corrected chi connectivity index (χ1v) is 16.4. The average molecular weight is 648 g/mol. The first-order chi connectivity index (χ1) is 21.2. The lowest BCUT2D eigenvalue weighted by Crippen LogP contribution is -2.51. The van der Waals surface area contributed by atoms with Gasteiger partial charge < -0.3 is 15.0 Å². The van der Waals surface area contributed by atoms with Gasteiger partial charge in [-0.3, -0.25) is 13.9 Å². The van der Waals surface area contributed by atoms with Crippen LogP contribution < -0.4 is 14.4 Å². The molecule has 0 fully saturated rings. The predicted molar refractivity (Wildman–Crippen MR) is 168 cm³/mol. The first-order valence-electron chi connectivity index (χ1n) is 14.6. The van der Waals surface area contributed by atoms with Crippen LogP contribution in [-0.2, 0) is 38.8 Å². The van der Waals surface area contributed by atoms with Crippen molar-refractivity contribution in [3.8, 4) is 5.75 Å². The molecule has 0 aliphatic heterocycles. The highest BCUT2D eigenvalue weighted by atomic mass is 32.2. The minimum atomic E-state index is -4.65. The third kappa shape index (κ3) is 10.8. The Bertz CT molecular complexity index is 1530. The van der Waals surface area contributed by atoms with Gasteiger partial charge in [0.25, 0.3) is 0 Å². The summed E-state index contributed by atoms with van der Waals surface area (Å²) in [7, 11) is -2.45. The summed E-state index contributed by atoms with van der Waals surface area (Å²) >= 11 is 0. The number of anilines is 1. The molecule has 0 aliphatic carbocycles. The van der Waals surface area contributed by atoms with E-state index in [9.17, 15) is 31.2 Å². The van der Waals surface area contributed by atoms with Crippen LogP contribution in [-0.4, -0.2) is 57.6 Å². The number of amides is 2. The highest BCUT2D eigenvalue weighted by Gasteiger charge is 2.33. The van der Waals surface area contributed by atoms with Gasteiger partial charge in [0.15, 0.2) is 0 Å². The van der Waals surface area contributed by atoms with Crippen molar-refractivity contribution in [1.82, 2.24) is 10.2 Å². The zero-order valence-electron chi connectivity index (χ0n) is 25.9. The van der Waals surface area contributed by atoms with Gasteiger partial charge in [-0.25, -0.2) is 8.42 Å². The lowest BCUT2D eigenvalue weighted by Gasteiger charge is -2.32. The average Bonchev–Trinajstić information content (AvgIpc) is 2.99. The molecule has 1 unspecified atom stereocenters. The van der Waals surface area contributed by atoms with Gasteiger partial charge in [0.05, 0.1) is 24.6 Å². The molecular weight excluding hydrogens is 607 g/mol. The van der Waals surface area contributed by atoms with E-state index in [-0.39, 0.29) is 49.9 Å². The molecular formula is C33H40F3N3O5S. The van der Waals surface area contributed by atoms with Crippen LogP contribution in [0.4, 0.5) is 18.9 Å². The minimum absolute atomic E-state index is 0.00241.